The number of nitrogens with zero attached hydrogens (tertiary/aromatic N) is 4. The summed E-state index contributed by atoms with van der Waals surface area (Å²) in [6.45, 7) is 6.43. The van der Waals surface area contributed by atoms with Crippen LogP contribution in [0.4, 0.5) is 0 Å². The van der Waals surface area contributed by atoms with Gasteiger partial charge in [0.25, 0.3) is 17.4 Å². The van der Waals surface area contributed by atoms with Crippen molar-refractivity contribution in [3.8, 4) is 0 Å². The zero-order chi connectivity index (χ0) is 25.5. The molecule has 1 fully saturated rings. The molecule has 0 aromatic carbocycles. The summed E-state index contributed by atoms with van der Waals surface area (Å²) in [5.41, 5.74) is 3.52. The zero-order valence-corrected chi connectivity index (χ0v) is 20.9. The van der Waals surface area contributed by atoms with Crippen LogP contribution in [0.1, 0.15) is 43.4 Å². The molecular weight excluding hydrogens is 472 g/mol. The molecule has 0 unspecified atom stereocenters. The lowest BCUT2D eigenvalue weighted by molar-refractivity contribution is 0.0688. The molecule has 11 nitrogen and oxygen atoms in total. The van der Waals surface area contributed by atoms with E-state index in [9.17, 15) is 22.8 Å². The van der Waals surface area contributed by atoms with Gasteiger partial charge in [-0.1, -0.05) is 0 Å². The van der Waals surface area contributed by atoms with Gasteiger partial charge < -0.3 is 15.2 Å². The minimum absolute atomic E-state index is 0.0428. The maximum atomic E-state index is 13.3. The van der Waals surface area contributed by atoms with Crippen LogP contribution < -0.4 is 10.9 Å². The third-order valence-electron chi connectivity index (χ3n) is 6.16. The van der Waals surface area contributed by atoms with E-state index >= 15 is 0 Å². The number of sulfonamides is 1. The van der Waals surface area contributed by atoms with E-state index in [0.29, 0.717) is 22.3 Å². The number of H-pyrrole nitrogens is 1. The third kappa shape index (κ3) is 4.98. The Balaban J connectivity index is 1.55. The van der Waals surface area contributed by atoms with Crippen LogP contribution in [-0.2, 0) is 16.6 Å². The Bertz CT molecular complexity index is 1480. The van der Waals surface area contributed by atoms with Gasteiger partial charge in [-0.15, -0.1) is 0 Å². The molecule has 186 valence electrons. The fourth-order valence-corrected chi connectivity index (χ4v) is 5.12. The molecule has 2 N–H and O–H groups in total. The van der Waals surface area contributed by atoms with Crippen molar-refractivity contribution in [2.45, 2.75) is 27.3 Å². The predicted octanol–water partition coefficient (Wildman–Crippen LogP) is 0.595. The van der Waals surface area contributed by atoms with Crippen molar-refractivity contribution in [2.75, 3.05) is 32.4 Å². The number of aromatic amines is 1. The summed E-state index contributed by atoms with van der Waals surface area (Å²) in [5.74, 6) is -0.750. The average Bonchev–Trinajstić information content (AvgIpc) is 3.12. The molecule has 0 spiro atoms. The van der Waals surface area contributed by atoms with Crippen LogP contribution in [-0.4, -0.2) is 76.5 Å². The lowest BCUT2D eigenvalue weighted by Gasteiger charge is -2.33. The highest BCUT2D eigenvalue weighted by molar-refractivity contribution is 7.88. The predicted molar refractivity (Wildman–Crippen MR) is 130 cm³/mol. The lowest BCUT2D eigenvalue weighted by atomic mass is 10.1. The Hall–Kier alpha value is -3.51. The Kier molecular flexibility index (Phi) is 6.52. The van der Waals surface area contributed by atoms with Gasteiger partial charge in [0.1, 0.15) is 11.4 Å². The quantitative estimate of drug-likeness (QED) is 0.526. The molecule has 35 heavy (non-hydrogen) atoms. The van der Waals surface area contributed by atoms with Crippen LogP contribution in [0.3, 0.4) is 0 Å². The Morgan fingerprint density at radius 2 is 1.74 bits per heavy atom. The number of rotatable bonds is 5. The van der Waals surface area contributed by atoms with Gasteiger partial charge in [0, 0.05) is 44.0 Å². The summed E-state index contributed by atoms with van der Waals surface area (Å²) in [4.78, 5) is 42.7. The van der Waals surface area contributed by atoms with Crippen LogP contribution in [0, 0.1) is 20.8 Å². The van der Waals surface area contributed by atoms with Crippen molar-refractivity contribution in [3.05, 3.63) is 68.4 Å². The standard InChI is InChI=1S/C23H28N6O5S/c1-14-11-16(3)25-21(30)18(14)13-24-22(31)19-6-5-17-12-15(2)20(29(17)26-19)23(32)27-7-9-28(10-8-27)35(4,33)34/h5-6,11-12H,7-10,13H2,1-4H3,(H,24,31)(H,25,30). The first-order valence-electron chi connectivity index (χ1n) is 11.2. The molecule has 1 saturated heterocycles. The number of carbonyl (C=O) groups is 2. The summed E-state index contributed by atoms with van der Waals surface area (Å²) >= 11 is 0. The van der Waals surface area contributed by atoms with E-state index in [0.717, 1.165) is 17.5 Å². The third-order valence-corrected chi connectivity index (χ3v) is 7.47. The van der Waals surface area contributed by atoms with E-state index in [1.54, 1.807) is 30.9 Å². The number of fused-ring (bicyclic) bond motifs is 1. The number of pyridine rings is 1. The summed E-state index contributed by atoms with van der Waals surface area (Å²) < 4.78 is 26.3. The van der Waals surface area contributed by atoms with Gasteiger partial charge in [0.2, 0.25) is 10.0 Å². The minimum atomic E-state index is -3.31. The molecule has 4 rings (SSSR count). The first kappa shape index (κ1) is 24.6. The molecule has 0 saturated carbocycles. The van der Waals surface area contributed by atoms with Crippen molar-refractivity contribution in [2.24, 2.45) is 0 Å². The molecular formula is C23H28N6O5S. The molecule has 12 heteroatoms. The minimum Gasteiger partial charge on any atom is -0.346 e. The second-order valence-corrected chi connectivity index (χ2v) is 10.8. The smallest absolute Gasteiger partial charge is 0.272 e. The van der Waals surface area contributed by atoms with E-state index in [-0.39, 0.29) is 49.9 Å². The number of hydrogen-bond acceptors (Lipinski definition) is 6. The number of piperazine rings is 1. The average molecular weight is 501 g/mol. The molecule has 1 aliphatic rings. The van der Waals surface area contributed by atoms with Gasteiger partial charge in [0.15, 0.2) is 0 Å². The molecule has 0 aliphatic carbocycles. The SMILES string of the molecule is Cc1cc(C)c(CNC(=O)c2ccc3cc(C)c(C(=O)N4CCN(S(C)(=O)=O)CC4)n3n2)c(=O)[nH]1. The first-order valence-corrected chi connectivity index (χ1v) is 13.0. The normalized spacial score (nSPS) is 14.9. The lowest BCUT2D eigenvalue weighted by Crippen LogP contribution is -2.50. The van der Waals surface area contributed by atoms with Gasteiger partial charge in [-0.05, 0) is 56.2 Å². The van der Waals surface area contributed by atoms with E-state index in [1.807, 2.05) is 19.1 Å². The summed E-state index contributed by atoms with van der Waals surface area (Å²) in [7, 11) is -3.31. The van der Waals surface area contributed by atoms with E-state index in [1.165, 1.54) is 8.82 Å². The first-order chi connectivity index (χ1) is 16.5. The number of carbonyl (C=O) groups excluding carboxylic acids is 2. The molecule has 0 radical (unpaired) electrons. The van der Waals surface area contributed by atoms with Gasteiger partial charge >= 0.3 is 0 Å². The van der Waals surface area contributed by atoms with Crippen molar-refractivity contribution >= 4 is 27.4 Å². The Morgan fingerprint density at radius 3 is 2.37 bits per heavy atom. The van der Waals surface area contributed by atoms with Crippen molar-refractivity contribution < 1.29 is 18.0 Å². The van der Waals surface area contributed by atoms with Crippen molar-refractivity contribution in [1.82, 2.24) is 29.1 Å². The van der Waals surface area contributed by atoms with Gasteiger partial charge in [-0.3, -0.25) is 14.4 Å². The van der Waals surface area contributed by atoms with Crippen LogP contribution >= 0.6 is 0 Å². The maximum Gasteiger partial charge on any atom is 0.272 e. The van der Waals surface area contributed by atoms with Gasteiger partial charge in [-0.2, -0.15) is 9.40 Å². The largest absolute Gasteiger partial charge is 0.346 e. The van der Waals surface area contributed by atoms with Gasteiger partial charge in [-0.25, -0.2) is 12.9 Å². The van der Waals surface area contributed by atoms with Crippen LogP contribution in [0.2, 0.25) is 0 Å². The maximum absolute atomic E-state index is 13.3. The molecule has 3 aromatic heterocycles. The summed E-state index contributed by atoms with van der Waals surface area (Å²) in [6.07, 6.45) is 1.15. The van der Waals surface area contributed by atoms with Crippen LogP contribution in [0.5, 0.6) is 0 Å². The molecule has 0 atom stereocenters. The topological polar surface area (TPSA) is 137 Å². The summed E-state index contributed by atoms with van der Waals surface area (Å²) in [5, 5.41) is 7.13. The van der Waals surface area contributed by atoms with Crippen LogP contribution in [0.25, 0.3) is 5.52 Å². The number of aromatic nitrogens is 3. The molecule has 1 aliphatic heterocycles. The Morgan fingerprint density at radius 1 is 1.06 bits per heavy atom. The molecule has 4 heterocycles. The highest BCUT2D eigenvalue weighted by Gasteiger charge is 2.29. The van der Waals surface area contributed by atoms with Crippen molar-refractivity contribution in [3.63, 3.8) is 0 Å². The van der Waals surface area contributed by atoms with E-state index in [4.69, 9.17) is 0 Å². The second kappa shape index (κ2) is 9.27. The number of amides is 2. The molecule has 2 amide bonds. The number of aryl methyl sites for hydroxylation is 3. The highest BCUT2D eigenvalue weighted by atomic mass is 32.2. The monoisotopic (exact) mass is 500 g/mol. The second-order valence-electron chi connectivity index (χ2n) is 8.81. The van der Waals surface area contributed by atoms with E-state index < -0.39 is 15.9 Å². The molecule has 0 bridgehead atoms. The Labute approximate surface area is 202 Å². The fraction of sp³-hybridized carbons (Fsp3) is 0.391. The number of hydrogen-bond donors (Lipinski definition) is 2. The zero-order valence-electron chi connectivity index (χ0n) is 20.1. The number of nitrogens with one attached hydrogen (secondary N) is 2. The fourth-order valence-electron chi connectivity index (χ4n) is 4.29. The summed E-state index contributed by atoms with van der Waals surface area (Å²) in [6, 6.07) is 6.92. The molecule has 3 aromatic rings. The van der Waals surface area contributed by atoms with Gasteiger partial charge in [0.05, 0.1) is 11.8 Å². The highest BCUT2D eigenvalue weighted by Crippen LogP contribution is 2.19. The van der Waals surface area contributed by atoms with Crippen LogP contribution in [0.15, 0.2) is 29.1 Å². The van der Waals surface area contributed by atoms with E-state index in [2.05, 4.69) is 15.4 Å². The van der Waals surface area contributed by atoms with Crippen molar-refractivity contribution in [1.29, 1.82) is 0 Å².